The van der Waals surface area contributed by atoms with Gasteiger partial charge >= 0.3 is 5.97 Å². The lowest BCUT2D eigenvalue weighted by Gasteiger charge is -2.08. The quantitative estimate of drug-likeness (QED) is 0.379. The first-order chi connectivity index (χ1) is 10.4. The minimum atomic E-state index is -1.19. The van der Waals surface area contributed by atoms with Gasteiger partial charge in [0.05, 0.1) is 18.7 Å². The second-order valence-corrected chi connectivity index (χ2v) is 4.22. The van der Waals surface area contributed by atoms with Gasteiger partial charge in [0.25, 0.3) is 5.91 Å². The molecule has 0 saturated carbocycles. The largest absolute Gasteiger partial charge is 0.480 e. The van der Waals surface area contributed by atoms with E-state index in [1.165, 1.54) is 6.07 Å². The molecule has 1 aromatic carbocycles. The van der Waals surface area contributed by atoms with Gasteiger partial charge in [-0.1, -0.05) is 12.1 Å². The molecule has 118 valence electrons. The Morgan fingerprint density at radius 2 is 1.45 bits per heavy atom. The summed E-state index contributed by atoms with van der Waals surface area (Å²) in [6.45, 7) is -1.24. The first-order valence-electron chi connectivity index (χ1n) is 6.28. The van der Waals surface area contributed by atoms with Crippen LogP contribution < -0.4 is 21.7 Å². The van der Waals surface area contributed by atoms with Crippen molar-refractivity contribution in [2.75, 3.05) is 25.4 Å². The molecule has 9 heteroatoms. The SMILES string of the molecule is Nc1ccccc1C(=O)NCC(=O)NCC(=O)NCC(=O)O. The summed E-state index contributed by atoms with van der Waals surface area (Å²) in [5.74, 6) is -2.93. The van der Waals surface area contributed by atoms with Gasteiger partial charge in [0, 0.05) is 5.69 Å². The maximum Gasteiger partial charge on any atom is 0.322 e. The van der Waals surface area contributed by atoms with Crippen LogP contribution in [0.5, 0.6) is 0 Å². The summed E-state index contributed by atoms with van der Waals surface area (Å²) in [6, 6.07) is 6.39. The predicted octanol–water partition coefficient (Wildman–Crippen LogP) is -1.68. The lowest BCUT2D eigenvalue weighted by Crippen LogP contribution is -2.43. The van der Waals surface area contributed by atoms with E-state index < -0.39 is 30.2 Å². The third-order valence-electron chi connectivity index (χ3n) is 2.50. The van der Waals surface area contributed by atoms with Crippen molar-refractivity contribution in [1.82, 2.24) is 16.0 Å². The van der Waals surface area contributed by atoms with Crippen LogP contribution >= 0.6 is 0 Å². The van der Waals surface area contributed by atoms with Gasteiger partial charge in [-0.15, -0.1) is 0 Å². The van der Waals surface area contributed by atoms with E-state index >= 15 is 0 Å². The van der Waals surface area contributed by atoms with E-state index in [2.05, 4.69) is 16.0 Å². The number of anilines is 1. The number of nitrogens with one attached hydrogen (secondary N) is 3. The molecule has 0 aromatic heterocycles. The zero-order valence-corrected chi connectivity index (χ0v) is 11.6. The van der Waals surface area contributed by atoms with Crippen molar-refractivity contribution >= 4 is 29.4 Å². The molecule has 0 saturated heterocycles. The third kappa shape index (κ3) is 5.90. The van der Waals surface area contributed by atoms with Gasteiger partial charge in [0.2, 0.25) is 11.8 Å². The zero-order chi connectivity index (χ0) is 16.5. The molecular weight excluding hydrogens is 292 g/mol. The van der Waals surface area contributed by atoms with Crippen molar-refractivity contribution in [3.05, 3.63) is 29.8 Å². The van der Waals surface area contributed by atoms with E-state index in [1.807, 2.05) is 0 Å². The third-order valence-corrected chi connectivity index (χ3v) is 2.50. The summed E-state index contributed by atoms with van der Waals surface area (Å²) in [5.41, 5.74) is 6.15. The van der Waals surface area contributed by atoms with Crippen LogP contribution in [0.4, 0.5) is 5.69 Å². The van der Waals surface area contributed by atoms with Gasteiger partial charge in [-0.3, -0.25) is 19.2 Å². The molecule has 0 aliphatic carbocycles. The molecule has 22 heavy (non-hydrogen) atoms. The summed E-state index contributed by atoms with van der Waals surface area (Å²) < 4.78 is 0. The lowest BCUT2D eigenvalue weighted by atomic mass is 10.1. The highest BCUT2D eigenvalue weighted by Gasteiger charge is 2.11. The van der Waals surface area contributed by atoms with Crippen molar-refractivity contribution < 1.29 is 24.3 Å². The Kier molecular flexibility index (Phi) is 6.35. The van der Waals surface area contributed by atoms with Crippen LogP contribution in [0.2, 0.25) is 0 Å². The molecule has 0 spiro atoms. The maximum absolute atomic E-state index is 11.8. The smallest absolute Gasteiger partial charge is 0.322 e. The fourth-order valence-corrected chi connectivity index (χ4v) is 1.44. The Hall–Kier alpha value is -3.10. The number of hydrogen-bond acceptors (Lipinski definition) is 5. The highest BCUT2D eigenvalue weighted by atomic mass is 16.4. The van der Waals surface area contributed by atoms with Crippen LogP contribution in [0.15, 0.2) is 24.3 Å². The number of carboxylic acid groups (broad SMARTS) is 1. The molecule has 3 amide bonds. The second kappa shape index (κ2) is 8.25. The molecule has 0 atom stereocenters. The van der Waals surface area contributed by atoms with E-state index in [4.69, 9.17) is 10.8 Å². The number of carbonyl (C=O) groups is 4. The summed E-state index contributed by atoms with van der Waals surface area (Å²) in [6.07, 6.45) is 0. The molecule has 6 N–H and O–H groups in total. The molecule has 0 fully saturated rings. The maximum atomic E-state index is 11.8. The molecule has 0 unspecified atom stereocenters. The minimum absolute atomic E-state index is 0.245. The van der Waals surface area contributed by atoms with Crippen molar-refractivity contribution in [1.29, 1.82) is 0 Å². The molecule has 1 rings (SSSR count). The molecule has 1 aromatic rings. The summed E-state index contributed by atoms with van der Waals surface area (Å²) in [4.78, 5) is 44.6. The normalized spacial score (nSPS) is 9.64. The Balaban J connectivity index is 2.31. The molecule has 0 heterocycles. The van der Waals surface area contributed by atoms with Gasteiger partial charge in [0.1, 0.15) is 6.54 Å². The molecule has 9 nitrogen and oxygen atoms in total. The second-order valence-electron chi connectivity index (χ2n) is 4.22. The fourth-order valence-electron chi connectivity index (χ4n) is 1.44. The highest BCUT2D eigenvalue weighted by Crippen LogP contribution is 2.09. The molecular formula is C13H16N4O5. The van der Waals surface area contributed by atoms with Gasteiger partial charge in [0.15, 0.2) is 0 Å². The van der Waals surface area contributed by atoms with Crippen molar-refractivity contribution in [2.24, 2.45) is 0 Å². The van der Waals surface area contributed by atoms with Crippen molar-refractivity contribution in [3.8, 4) is 0 Å². The number of hydrogen-bond donors (Lipinski definition) is 5. The standard InChI is InChI=1S/C13H16N4O5/c14-9-4-2-1-3-8(9)13(22)17-6-11(19)15-5-10(18)16-7-12(20)21/h1-4H,5-7,14H2,(H,15,19)(H,16,18)(H,17,22)(H,20,21). The number of amides is 3. The first-order valence-corrected chi connectivity index (χ1v) is 6.28. The Labute approximate surface area is 125 Å². The number of nitrogen functional groups attached to an aromatic ring is 1. The Morgan fingerprint density at radius 1 is 0.909 bits per heavy atom. The fraction of sp³-hybridized carbons (Fsp3) is 0.231. The van der Waals surface area contributed by atoms with E-state index in [1.54, 1.807) is 18.2 Å². The van der Waals surface area contributed by atoms with Crippen LogP contribution in [0, 0.1) is 0 Å². The van der Waals surface area contributed by atoms with E-state index in [9.17, 15) is 19.2 Å². The van der Waals surface area contributed by atoms with Gasteiger partial charge in [-0.25, -0.2) is 0 Å². The number of carbonyl (C=O) groups excluding carboxylic acids is 3. The number of rotatable bonds is 7. The van der Waals surface area contributed by atoms with Crippen LogP contribution in [0.1, 0.15) is 10.4 Å². The van der Waals surface area contributed by atoms with Crippen molar-refractivity contribution in [3.63, 3.8) is 0 Å². The van der Waals surface area contributed by atoms with Gasteiger partial charge in [-0.05, 0) is 12.1 Å². The van der Waals surface area contributed by atoms with Crippen LogP contribution in [-0.2, 0) is 14.4 Å². The monoisotopic (exact) mass is 308 g/mol. The van der Waals surface area contributed by atoms with E-state index in [0.717, 1.165) is 0 Å². The number of benzene rings is 1. The van der Waals surface area contributed by atoms with Crippen LogP contribution in [0.25, 0.3) is 0 Å². The first kappa shape index (κ1) is 17.0. The predicted molar refractivity (Wildman–Crippen MR) is 76.8 cm³/mol. The average molecular weight is 308 g/mol. The van der Waals surface area contributed by atoms with E-state index in [-0.39, 0.29) is 24.3 Å². The number of aliphatic carboxylic acids is 1. The summed E-state index contributed by atoms with van der Waals surface area (Å²) >= 11 is 0. The molecule has 0 aliphatic rings. The minimum Gasteiger partial charge on any atom is -0.480 e. The molecule has 0 bridgehead atoms. The summed E-state index contributed by atoms with van der Waals surface area (Å²) in [5, 5.41) is 15.0. The Morgan fingerprint density at radius 3 is 2.05 bits per heavy atom. The Bertz CT molecular complexity index is 588. The topological polar surface area (TPSA) is 151 Å². The number of carboxylic acids is 1. The highest BCUT2D eigenvalue weighted by molar-refractivity contribution is 6.00. The van der Waals surface area contributed by atoms with Gasteiger partial charge in [-0.2, -0.15) is 0 Å². The lowest BCUT2D eigenvalue weighted by molar-refractivity contribution is -0.137. The molecule has 0 radical (unpaired) electrons. The average Bonchev–Trinajstić information content (AvgIpc) is 2.48. The number of nitrogens with two attached hydrogens (primary N) is 1. The molecule has 0 aliphatic heterocycles. The van der Waals surface area contributed by atoms with Gasteiger partial charge < -0.3 is 26.8 Å². The van der Waals surface area contributed by atoms with Crippen LogP contribution in [-0.4, -0.2) is 48.4 Å². The number of para-hydroxylation sites is 1. The zero-order valence-electron chi connectivity index (χ0n) is 11.6. The summed E-state index contributed by atoms with van der Waals surface area (Å²) in [7, 11) is 0. The van der Waals surface area contributed by atoms with Crippen molar-refractivity contribution in [2.45, 2.75) is 0 Å². The van der Waals surface area contributed by atoms with Crippen LogP contribution in [0.3, 0.4) is 0 Å². The van der Waals surface area contributed by atoms with E-state index in [0.29, 0.717) is 0 Å².